The monoisotopic (exact) mass is 777 g/mol. The number of carbonyl (C=O) groups is 9. The zero-order valence-electron chi connectivity index (χ0n) is 32.6. The van der Waals surface area contributed by atoms with E-state index in [0.717, 1.165) is 0 Å². The molecule has 18 heteroatoms. The van der Waals surface area contributed by atoms with Gasteiger partial charge in [-0.3, -0.25) is 43.2 Å². The van der Waals surface area contributed by atoms with Gasteiger partial charge in [-0.15, -0.1) is 0 Å². The van der Waals surface area contributed by atoms with E-state index in [0.29, 0.717) is 51.6 Å². The van der Waals surface area contributed by atoms with Gasteiger partial charge in [0, 0.05) is 51.2 Å². The number of Topliss-reactive ketones (excluding diaryl/α,β-unsaturated/α-hetero) is 3. The number of likely N-dealkylation sites (N-methyl/N-ethyl adjacent to an activating group) is 1. The number of nitrogens with zero attached hydrogens (tertiary/aromatic N) is 3. The van der Waals surface area contributed by atoms with E-state index in [4.69, 9.17) is 5.73 Å². The first-order chi connectivity index (χ1) is 25.9. The van der Waals surface area contributed by atoms with Crippen molar-refractivity contribution in [1.82, 2.24) is 30.7 Å². The predicted molar refractivity (Wildman–Crippen MR) is 196 cm³/mol. The molecule has 7 N–H and O–H groups in total. The fourth-order valence-electron chi connectivity index (χ4n) is 7.49. The van der Waals surface area contributed by atoms with E-state index in [-0.39, 0.29) is 43.3 Å². The molecule has 9 atom stereocenters. The Bertz CT molecular complexity index is 1470. The lowest BCUT2D eigenvalue weighted by molar-refractivity contribution is -0.148. The van der Waals surface area contributed by atoms with Gasteiger partial charge < -0.3 is 46.6 Å². The van der Waals surface area contributed by atoms with Crippen molar-refractivity contribution in [3.05, 3.63) is 0 Å². The van der Waals surface area contributed by atoms with Gasteiger partial charge >= 0.3 is 0 Å². The fraction of sp³-hybridized carbons (Fsp3) is 0.757. The van der Waals surface area contributed by atoms with Gasteiger partial charge in [0.05, 0.1) is 36.8 Å². The quantitative estimate of drug-likeness (QED) is 0.0780. The Labute approximate surface area is 321 Å². The number of hydrogen-bond donors (Lipinski definition) is 6. The highest BCUT2D eigenvalue weighted by Gasteiger charge is 2.44. The molecule has 3 aliphatic rings. The summed E-state index contributed by atoms with van der Waals surface area (Å²) >= 11 is 0. The Balaban J connectivity index is 1.56. The number of hydrogen-bond acceptors (Lipinski definition) is 12. The highest BCUT2D eigenvalue weighted by molar-refractivity contribution is 5.98. The topological polar surface area (TPSA) is 266 Å². The Morgan fingerprint density at radius 1 is 0.709 bits per heavy atom. The van der Waals surface area contributed by atoms with Crippen LogP contribution >= 0.6 is 0 Å². The van der Waals surface area contributed by atoms with Crippen LogP contribution in [0.5, 0.6) is 0 Å². The number of nitrogens with one attached hydrogen (secondary N) is 3. The van der Waals surface area contributed by atoms with E-state index in [2.05, 4.69) is 16.0 Å². The minimum atomic E-state index is -1.44. The molecule has 0 bridgehead atoms. The Kier molecular flexibility index (Phi) is 16.9. The molecule has 3 aliphatic heterocycles. The Morgan fingerprint density at radius 3 is 1.78 bits per heavy atom. The van der Waals surface area contributed by atoms with Crippen molar-refractivity contribution in [3.8, 4) is 0 Å². The van der Waals surface area contributed by atoms with Crippen LogP contribution in [-0.4, -0.2) is 153 Å². The molecule has 55 heavy (non-hydrogen) atoms. The summed E-state index contributed by atoms with van der Waals surface area (Å²) in [6, 6.07) is -5.32. The normalized spacial score (nSPS) is 23.0. The van der Waals surface area contributed by atoms with E-state index in [9.17, 15) is 53.4 Å². The maximum atomic E-state index is 13.7. The van der Waals surface area contributed by atoms with Gasteiger partial charge in [-0.1, -0.05) is 6.92 Å². The average molecular weight is 778 g/mol. The van der Waals surface area contributed by atoms with E-state index in [1.54, 1.807) is 20.9 Å². The van der Waals surface area contributed by atoms with Crippen molar-refractivity contribution >= 4 is 52.8 Å². The second-order valence-corrected chi connectivity index (χ2v) is 15.1. The van der Waals surface area contributed by atoms with E-state index in [1.807, 2.05) is 0 Å². The first kappa shape index (κ1) is 45.1. The lowest BCUT2D eigenvalue weighted by Crippen LogP contribution is -2.55. The van der Waals surface area contributed by atoms with Gasteiger partial charge in [0.25, 0.3) is 0 Å². The molecule has 308 valence electrons. The minimum Gasteiger partial charge on any atom is -0.394 e. The molecular formula is C37H59N7O11. The number of aliphatic hydroxyl groups is 2. The van der Waals surface area contributed by atoms with Gasteiger partial charge in [0.15, 0.2) is 17.3 Å². The predicted octanol–water partition coefficient (Wildman–Crippen LogP) is -2.06. The maximum absolute atomic E-state index is 13.7. The summed E-state index contributed by atoms with van der Waals surface area (Å²) < 4.78 is 0. The van der Waals surface area contributed by atoms with Gasteiger partial charge in [0.2, 0.25) is 35.4 Å². The molecule has 0 aliphatic carbocycles. The molecule has 18 nitrogen and oxygen atoms in total. The van der Waals surface area contributed by atoms with E-state index < -0.39 is 103 Å². The highest BCUT2D eigenvalue weighted by Crippen LogP contribution is 2.27. The number of amides is 6. The number of nitrogens with two attached hydrogens (primary N) is 1. The van der Waals surface area contributed by atoms with Crippen LogP contribution in [0.4, 0.5) is 0 Å². The van der Waals surface area contributed by atoms with Gasteiger partial charge in [-0.2, -0.15) is 0 Å². The van der Waals surface area contributed by atoms with Crippen molar-refractivity contribution in [2.75, 3.05) is 33.3 Å². The molecule has 0 aromatic heterocycles. The summed E-state index contributed by atoms with van der Waals surface area (Å²) in [5, 5.41) is 28.1. The number of primary amides is 1. The first-order valence-electron chi connectivity index (χ1n) is 19.3. The largest absolute Gasteiger partial charge is 0.394 e. The van der Waals surface area contributed by atoms with Crippen LogP contribution in [0, 0.1) is 11.8 Å². The van der Waals surface area contributed by atoms with Gasteiger partial charge in [-0.05, 0) is 66.3 Å². The molecule has 0 saturated carbocycles. The van der Waals surface area contributed by atoms with Crippen LogP contribution in [0.25, 0.3) is 0 Å². The standard InChI is InChI=1S/C37H59N7O11/c1-20(33(38)51)17-31(49)27-10-7-15-43(27)37(55)28-11-8-16-44(28)36(54)22(3)40-34(52)24(23(4)46)18-30(48)25(19-45)41-32(50)13-12-29(47)26-9-6-14-42(26)35(53)21(2)39-5/h20-28,39,45-46H,6-19H2,1-5H3,(H2,38,51)(H,40,52)(H,41,50)/t20-,21+,22+,23?,24+,25+,26+,27+,28+/m1/s1. The SMILES string of the molecule is CN[C@@H](C)C(=O)N1CCC[C@H]1C(=O)CCC(=O)N[C@@H](CO)C(=O)C[C@H](C(=O)N[C@@H](C)C(=O)N1CCC[C@H]1C(=O)N1CCC[C@H]1C(=O)C[C@@H](C)C(N)=O)C(C)O. The zero-order chi connectivity index (χ0) is 41.1. The minimum absolute atomic E-state index is 0.0972. The van der Waals surface area contributed by atoms with Crippen LogP contribution in [0.15, 0.2) is 0 Å². The Hall–Kier alpha value is -4.29. The van der Waals surface area contributed by atoms with Crippen molar-refractivity contribution < 1.29 is 53.4 Å². The number of carbonyl (C=O) groups excluding carboxylic acids is 9. The molecule has 0 radical (unpaired) electrons. The van der Waals surface area contributed by atoms with Crippen LogP contribution < -0.4 is 21.7 Å². The molecular weight excluding hydrogens is 718 g/mol. The molecule has 6 amide bonds. The summed E-state index contributed by atoms with van der Waals surface area (Å²) in [6.45, 7) is 6.10. The molecule has 0 aromatic rings. The lowest BCUT2D eigenvalue weighted by Gasteiger charge is -2.32. The van der Waals surface area contributed by atoms with Crippen LogP contribution in [0.1, 0.15) is 91.9 Å². The number of ketones is 3. The molecule has 1 unspecified atom stereocenters. The third-order valence-electron chi connectivity index (χ3n) is 11.0. The average Bonchev–Trinajstić information content (AvgIpc) is 3.95. The molecule has 3 saturated heterocycles. The van der Waals surface area contributed by atoms with E-state index in [1.165, 1.54) is 28.5 Å². The number of likely N-dealkylation sites (tertiary alicyclic amines) is 3. The summed E-state index contributed by atoms with van der Waals surface area (Å²) in [5.74, 6) is -6.70. The Morgan fingerprint density at radius 2 is 1.24 bits per heavy atom. The summed E-state index contributed by atoms with van der Waals surface area (Å²) in [7, 11) is 1.64. The number of rotatable bonds is 20. The van der Waals surface area contributed by atoms with Gasteiger partial charge in [-0.25, -0.2) is 0 Å². The highest BCUT2D eigenvalue weighted by atomic mass is 16.3. The van der Waals surface area contributed by atoms with Crippen LogP contribution in [-0.2, 0) is 43.2 Å². The summed E-state index contributed by atoms with van der Waals surface area (Å²) in [4.78, 5) is 121. The molecule has 0 spiro atoms. The van der Waals surface area contributed by atoms with Crippen molar-refractivity contribution in [1.29, 1.82) is 0 Å². The third-order valence-corrected chi connectivity index (χ3v) is 11.0. The molecule has 3 heterocycles. The van der Waals surface area contributed by atoms with Gasteiger partial charge in [0.1, 0.15) is 18.1 Å². The van der Waals surface area contributed by atoms with Crippen LogP contribution in [0.3, 0.4) is 0 Å². The maximum Gasteiger partial charge on any atom is 0.245 e. The summed E-state index contributed by atoms with van der Waals surface area (Å²) in [6.07, 6.45) is 0.448. The zero-order valence-corrected chi connectivity index (χ0v) is 32.6. The van der Waals surface area contributed by atoms with Crippen molar-refractivity contribution in [3.63, 3.8) is 0 Å². The van der Waals surface area contributed by atoms with Crippen LogP contribution in [0.2, 0.25) is 0 Å². The molecule has 3 fully saturated rings. The second-order valence-electron chi connectivity index (χ2n) is 15.1. The van der Waals surface area contributed by atoms with Crippen molar-refractivity contribution in [2.24, 2.45) is 17.6 Å². The summed E-state index contributed by atoms with van der Waals surface area (Å²) in [5.41, 5.74) is 5.32. The first-order valence-corrected chi connectivity index (χ1v) is 19.3. The fourth-order valence-corrected chi connectivity index (χ4v) is 7.49. The number of aliphatic hydroxyl groups excluding tert-OH is 2. The second kappa shape index (κ2) is 20.6. The van der Waals surface area contributed by atoms with E-state index >= 15 is 0 Å². The molecule has 0 aromatic carbocycles. The van der Waals surface area contributed by atoms with Crippen molar-refractivity contribution in [2.45, 2.75) is 134 Å². The third kappa shape index (κ3) is 11.6. The smallest absolute Gasteiger partial charge is 0.245 e. The lowest BCUT2D eigenvalue weighted by atomic mass is 9.93. The molecule has 3 rings (SSSR count).